The number of carbonyl (C=O) groups is 1. The van der Waals surface area contributed by atoms with Gasteiger partial charge in [0, 0.05) is 13.0 Å². The molecule has 0 rings (SSSR count). The SMILES string of the molecule is CCCCCCC/C=C\C/C=C\C/C=C\CCCCCCCCCOCC(CO)OC(=O)CCC. The third-order valence-corrected chi connectivity index (χ3v) is 5.94. The molecule has 0 aromatic rings. The molecule has 1 unspecified atom stereocenters. The fourth-order valence-electron chi connectivity index (χ4n) is 3.78. The van der Waals surface area contributed by atoms with E-state index in [1.54, 1.807) is 0 Å². The van der Waals surface area contributed by atoms with E-state index in [0.29, 0.717) is 13.0 Å². The van der Waals surface area contributed by atoms with E-state index >= 15 is 0 Å². The highest BCUT2D eigenvalue weighted by Gasteiger charge is 2.12. The minimum atomic E-state index is -0.531. The van der Waals surface area contributed by atoms with Crippen LogP contribution in [0.3, 0.4) is 0 Å². The molecule has 0 aliphatic heterocycles. The van der Waals surface area contributed by atoms with Crippen LogP contribution in [0.15, 0.2) is 36.5 Å². The van der Waals surface area contributed by atoms with Crippen LogP contribution in [0, 0.1) is 0 Å². The molecule has 4 heteroatoms. The number of esters is 1. The predicted molar refractivity (Wildman–Crippen MR) is 150 cm³/mol. The lowest BCUT2D eigenvalue weighted by Crippen LogP contribution is -2.27. The lowest BCUT2D eigenvalue weighted by molar-refractivity contribution is -0.154. The van der Waals surface area contributed by atoms with E-state index < -0.39 is 6.10 Å². The molecule has 0 saturated heterocycles. The van der Waals surface area contributed by atoms with Gasteiger partial charge in [0.25, 0.3) is 0 Å². The van der Waals surface area contributed by atoms with Gasteiger partial charge in [-0.05, 0) is 51.4 Å². The van der Waals surface area contributed by atoms with Crippen molar-refractivity contribution in [2.45, 2.75) is 136 Å². The van der Waals surface area contributed by atoms with Crippen molar-refractivity contribution < 1.29 is 19.4 Å². The lowest BCUT2D eigenvalue weighted by atomic mass is 10.1. The quantitative estimate of drug-likeness (QED) is 0.0745. The molecule has 0 aliphatic carbocycles. The molecular weight excluding hydrogens is 436 g/mol. The van der Waals surface area contributed by atoms with Crippen LogP contribution >= 0.6 is 0 Å². The maximum atomic E-state index is 11.5. The Morgan fingerprint density at radius 1 is 0.686 bits per heavy atom. The Kier molecular flexibility index (Phi) is 27.7. The summed E-state index contributed by atoms with van der Waals surface area (Å²) < 4.78 is 10.7. The minimum Gasteiger partial charge on any atom is -0.457 e. The highest BCUT2D eigenvalue weighted by atomic mass is 16.6. The average molecular weight is 493 g/mol. The summed E-state index contributed by atoms with van der Waals surface area (Å²) in [5.41, 5.74) is 0. The first-order valence-corrected chi connectivity index (χ1v) is 14.6. The zero-order valence-corrected chi connectivity index (χ0v) is 23.1. The molecule has 1 atom stereocenters. The van der Waals surface area contributed by atoms with Crippen LogP contribution in [0.4, 0.5) is 0 Å². The van der Waals surface area contributed by atoms with Crippen molar-refractivity contribution in [1.82, 2.24) is 0 Å². The summed E-state index contributed by atoms with van der Waals surface area (Å²) in [5.74, 6) is -0.260. The maximum absolute atomic E-state index is 11.5. The van der Waals surface area contributed by atoms with Crippen molar-refractivity contribution >= 4 is 5.97 Å². The number of ether oxygens (including phenoxy) is 2. The Hall–Kier alpha value is -1.39. The van der Waals surface area contributed by atoms with Gasteiger partial charge in [-0.3, -0.25) is 4.79 Å². The van der Waals surface area contributed by atoms with Gasteiger partial charge in [0.1, 0.15) is 6.10 Å². The van der Waals surface area contributed by atoms with Gasteiger partial charge in [-0.15, -0.1) is 0 Å². The van der Waals surface area contributed by atoms with Crippen molar-refractivity contribution in [2.75, 3.05) is 19.8 Å². The molecule has 0 spiro atoms. The molecule has 0 fully saturated rings. The topological polar surface area (TPSA) is 55.8 Å². The fourth-order valence-corrected chi connectivity index (χ4v) is 3.78. The molecule has 0 heterocycles. The van der Waals surface area contributed by atoms with Gasteiger partial charge < -0.3 is 14.6 Å². The van der Waals surface area contributed by atoms with E-state index in [4.69, 9.17) is 9.47 Å². The number of hydrogen-bond donors (Lipinski definition) is 1. The molecule has 0 bridgehead atoms. The van der Waals surface area contributed by atoms with Gasteiger partial charge in [-0.1, -0.05) is 108 Å². The van der Waals surface area contributed by atoms with Gasteiger partial charge in [0.05, 0.1) is 13.2 Å². The molecule has 4 nitrogen and oxygen atoms in total. The van der Waals surface area contributed by atoms with Crippen molar-refractivity contribution in [1.29, 1.82) is 0 Å². The second-order valence-corrected chi connectivity index (χ2v) is 9.47. The standard InChI is InChI=1S/C31H56O4/c1-3-5-6-7-8-9-10-11-12-13-14-15-16-17-18-19-20-21-22-23-24-25-27-34-29-30(28-32)35-31(33)26-4-2/h10-11,13-14,16-17,30,32H,3-9,12,15,18-29H2,1-2H3/b11-10-,14-13-,17-16-. The number of rotatable bonds is 26. The Bertz CT molecular complexity index is 524. The van der Waals surface area contributed by atoms with E-state index in [1.807, 2.05) is 6.92 Å². The van der Waals surface area contributed by atoms with Gasteiger partial charge in [-0.25, -0.2) is 0 Å². The zero-order chi connectivity index (χ0) is 25.7. The number of hydrogen-bond acceptors (Lipinski definition) is 4. The highest BCUT2D eigenvalue weighted by Crippen LogP contribution is 2.10. The molecule has 0 aromatic heterocycles. The minimum absolute atomic E-state index is 0.182. The van der Waals surface area contributed by atoms with Crippen LogP contribution in [0.1, 0.15) is 129 Å². The predicted octanol–water partition coefficient (Wildman–Crippen LogP) is 8.64. The van der Waals surface area contributed by atoms with Gasteiger partial charge in [-0.2, -0.15) is 0 Å². The zero-order valence-electron chi connectivity index (χ0n) is 23.1. The van der Waals surface area contributed by atoms with E-state index in [-0.39, 0.29) is 19.2 Å². The van der Waals surface area contributed by atoms with Crippen molar-refractivity contribution in [3.63, 3.8) is 0 Å². The summed E-state index contributed by atoms with van der Waals surface area (Å²) in [6, 6.07) is 0. The Morgan fingerprint density at radius 2 is 1.20 bits per heavy atom. The average Bonchev–Trinajstić information content (AvgIpc) is 2.86. The monoisotopic (exact) mass is 492 g/mol. The number of unbranched alkanes of at least 4 members (excludes halogenated alkanes) is 12. The second-order valence-electron chi connectivity index (χ2n) is 9.47. The van der Waals surface area contributed by atoms with Crippen molar-refractivity contribution in [3.05, 3.63) is 36.5 Å². The Morgan fingerprint density at radius 3 is 1.74 bits per heavy atom. The number of carbonyl (C=O) groups excluding carboxylic acids is 1. The summed E-state index contributed by atoms with van der Waals surface area (Å²) >= 11 is 0. The summed E-state index contributed by atoms with van der Waals surface area (Å²) in [6.45, 7) is 4.96. The van der Waals surface area contributed by atoms with E-state index in [0.717, 1.165) is 25.7 Å². The molecule has 1 N–H and O–H groups in total. The van der Waals surface area contributed by atoms with Crippen LogP contribution < -0.4 is 0 Å². The van der Waals surface area contributed by atoms with Gasteiger partial charge >= 0.3 is 5.97 Å². The van der Waals surface area contributed by atoms with Gasteiger partial charge in [0.15, 0.2) is 0 Å². The van der Waals surface area contributed by atoms with Crippen LogP contribution in [0.2, 0.25) is 0 Å². The van der Waals surface area contributed by atoms with Crippen molar-refractivity contribution in [3.8, 4) is 0 Å². The molecule has 0 aromatic carbocycles. The maximum Gasteiger partial charge on any atom is 0.306 e. The summed E-state index contributed by atoms with van der Waals surface area (Å²) in [5, 5.41) is 9.26. The third kappa shape index (κ3) is 27.0. The summed E-state index contributed by atoms with van der Waals surface area (Å²) in [6.07, 6.45) is 34.4. The lowest BCUT2D eigenvalue weighted by Gasteiger charge is -2.15. The first-order valence-electron chi connectivity index (χ1n) is 14.6. The molecule has 0 saturated carbocycles. The van der Waals surface area contributed by atoms with Crippen LogP contribution in [-0.4, -0.2) is 37.0 Å². The van der Waals surface area contributed by atoms with Crippen LogP contribution in [0.5, 0.6) is 0 Å². The Labute approximate surface area is 217 Å². The smallest absolute Gasteiger partial charge is 0.306 e. The Balaban J connectivity index is 3.37. The molecule has 35 heavy (non-hydrogen) atoms. The normalized spacial score (nSPS) is 12.9. The molecule has 204 valence electrons. The summed E-state index contributed by atoms with van der Waals surface area (Å²) in [4.78, 5) is 11.5. The second kappa shape index (κ2) is 28.8. The molecular formula is C31H56O4. The fraction of sp³-hybridized carbons (Fsp3) is 0.774. The van der Waals surface area contributed by atoms with E-state index in [1.165, 1.54) is 83.5 Å². The molecule has 0 amide bonds. The number of allylic oxidation sites excluding steroid dienone is 6. The van der Waals surface area contributed by atoms with Crippen LogP contribution in [0.25, 0.3) is 0 Å². The van der Waals surface area contributed by atoms with Gasteiger partial charge in [0.2, 0.25) is 0 Å². The first-order chi connectivity index (χ1) is 17.2. The highest BCUT2D eigenvalue weighted by molar-refractivity contribution is 5.69. The summed E-state index contributed by atoms with van der Waals surface area (Å²) in [7, 11) is 0. The molecule has 0 aliphatic rings. The van der Waals surface area contributed by atoms with Crippen LogP contribution in [-0.2, 0) is 14.3 Å². The number of aliphatic hydroxyl groups excluding tert-OH is 1. The number of aliphatic hydroxyl groups is 1. The van der Waals surface area contributed by atoms with E-state index in [9.17, 15) is 9.90 Å². The van der Waals surface area contributed by atoms with Crippen molar-refractivity contribution in [2.24, 2.45) is 0 Å². The third-order valence-electron chi connectivity index (χ3n) is 5.94. The molecule has 0 radical (unpaired) electrons. The first kappa shape index (κ1) is 33.6. The largest absolute Gasteiger partial charge is 0.457 e. The van der Waals surface area contributed by atoms with E-state index in [2.05, 4.69) is 43.4 Å².